The summed E-state index contributed by atoms with van der Waals surface area (Å²) in [6, 6.07) is 16.3. The summed E-state index contributed by atoms with van der Waals surface area (Å²) in [5, 5.41) is 6.13. The molecule has 2 aliphatic heterocycles. The average Bonchev–Trinajstić information content (AvgIpc) is 2.87. The van der Waals surface area contributed by atoms with Gasteiger partial charge in [0.2, 0.25) is 11.8 Å². The highest BCUT2D eigenvalue weighted by Crippen LogP contribution is 2.22. The minimum absolute atomic E-state index is 0.0365. The Morgan fingerprint density at radius 3 is 2.24 bits per heavy atom. The lowest BCUT2D eigenvalue weighted by atomic mass is 9.94. The first-order chi connectivity index (χ1) is 16.5. The average molecular weight is 467 g/mol. The van der Waals surface area contributed by atoms with Gasteiger partial charge in [0.1, 0.15) is 5.82 Å². The van der Waals surface area contributed by atoms with Crippen molar-refractivity contribution < 1.29 is 14.0 Å². The third kappa shape index (κ3) is 6.64. The molecule has 0 radical (unpaired) electrons. The van der Waals surface area contributed by atoms with Crippen LogP contribution in [0.5, 0.6) is 0 Å². The second-order valence-electron chi connectivity index (χ2n) is 9.53. The van der Waals surface area contributed by atoms with E-state index in [9.17, 15) is 14.0 Å². The number of likely N-dealkylation sites (tertiary alicyclic amines) is 2. The summed E-state index contributed by atoms with van der Waals surface area (Å²) >= 11 is 0. The molecule has 2 amide bonds. The summed E-state index contributed by atoms with van der Waals surface area (Å²) in [6.07, 6.45) is 3.36. The number of carbonyl (C=O) groups excluding carboxylic acids is 2. The van der Waals surface area contributed by atoms with Gasteiger partial charge in [0, 0.05) is 37.3 Å². The van der Waals surface area contributed by atoms with Crippen molar-refractivity contribution in [2.24, 2.45) is 5.92 Å². The number of nitrogens with zero attached hydrogens (tertiary/aromatic N) is 2. The quantitative estimate of drug-likeness (QED) is 0.654. The van der Waals surface area contributed by atoms with Crippen molar-refractivity contribution in [3.63, 3.8) is 0 Å². The molecule has 0 saturated carbocycles. The zero-order chi connectivity index (χ0) is 23.9. The Labute approximate surface area is 201 Å². The summed E-state index contributed by atoms with van der Waals surface area (Å²) < 4.78 is 13.1. The van der Waals surface area contributed by atoms with Crippen LogP contribution in [0, 0.1) is 11.7 Å². The van der Waals surface area contributed by atoms with Crippen molar-refractivity contribution >= 4 is 17.5 Å². The molecule has 2 aliphatic rings. The van der Waals surface area contributed by atoms with Crippen LogP contribution in [0.25, 0.3) is 0 Å². The van der Waals surface area contributed by atoms with Crippen molar-refractivity contribution in [2.75, 3.05) is 31.5 Å². The molecule has 0 spiro atoms. The third-order valence-corrected chi connectivity index (χ3v) is 7.12. The summed E-state index contributed by atoms with van der Waals surface area (Å²) in [7, 11) is 0. The van der Waals surface area contributed by atoms with Gasteiger partial charge in [-0.2, -0.15) is 0 Å². The van der Waals surface area contributed by atoms with Crippen LogP contribution in [0.2, 0.25) is 0 Å². The van der Waals surface area contributed by atoms with Gasteiger partial charge < -0.3 is 10.6 Å². The molecule has 6 nitrogen and oxygen atoms in total. The van der Waals surface area contributed by atoms with Crippen LogP contribution in [-0.2, 0) is 16.1 Å². The Bertz CT molecular complexity index is 937. The number of hydrogen-bond acceptors (Lipinski definition) is 4. The summed E-state index contributed by atoms with van der Waals surface area (Å²) in [6.45, 7) is 6.32. The molecular weight excluding hydrogens is 431 g/mol. The maximum atomic E-state index is 13.1. The van der Waals surface area contributed by atoms with Crippen molar-refractivity contribution in [1.29, 1.82) is 0 Å². The third-order valence-electron chi connectivity index (χ3n) is 7.12. The maximum absolute atomic E-state index is 13.1. The van der Waals surface area contributed by atoms with Gasteiger partial charge in [0.05, 0.1) is 6.04 Å². The van der Waals surface area contributed by atoms with Crippen molar-refractivity contribution in [3.8, 4) is 0 Å². The highest BCUT2D eigenvalue weighted by atomic mass is 19.1. The molecule has 0 bridgehead atoms. The molecular formula is C27H35FN4O2. The first kappa shape index (κ1) is 24.4. The fourth-order valence-corrected chi connectivity index (χ4v) is 4.89. The number of benzene rings is 2. The largest absolute Gasteiger partial charge is 0.352 e. The molecule has 4 rings (SSSR count). The molecule has 2 aromatic carbocycles. The Kier molecular flexibility index (Phi) is 8.29. The van der Waals surface area contributed by atoms with Crippen molar-refractivity contribution in [2.45, 2.75) is 51.2 Å². The van der Waals surface area contributed by atoms with Gasteiger partial charge in [0.25, 0.3) is 0 Å². The maximum Gasteiger partial charge on any atom is 0.237 e. The number of halogens is 1. The van der Waals surface area contributed by atoms with E-state index in [4.69, 9.17) is 0 Å². The second kappa shape index (κ2) is 11.6. The minimum atomic E-state index is -0.323. The molecule has 2 aromatic rings. The van der Waals surface area contributed by atoms with Gasteiger partial charge in [-0.05, 0) is 75.5 Å². The number of anilines is 1. The Hall–Kier alpha value is -2.77. The fourth-order valence-electron chi connectivity index (χ4n) is 4.89. The number of piperidine rings is 2. The summed E-state index contributed by atoms with van der Waals surface area (Å²) in [4.78, 5) is 30.1. The minimum Gasteiger partial charge on any atom is -0.352 e. The van der Waals surface area contributed by atoms with Gasteiger partial charge in [-0.3, -0.25) is 19.4 Å². The van der Waals surface area contributed by atoms with Gasteiger partial charge in [-0.15, -0.1) is 0 Å². The molecule has 34 heavy (non-hydrogen) atoms. The lowest BCUT2D eigenvalue weighted by molar-refractivity contribution is -0.128. The first-order valence-corrected chi connectivity index (χ1v) is 12.3. The normalized spacial score (nSPS) is 19.5. The Morgan fingerprint density at radius 2 is 1.59 bits per heavy atom. The van der Waals surface area contributed by atoms with Crippen molar-refractivity contribution in [1.82, 2.24) is 15.1 Å². The number of rotatable bonds is 7. The molecule has 2 saturated heterocycles. The van der Waals surface area contributed by atoms with E-state index in [1.54, 1.807) is 12.1 Å². The van der Waals surface area contributed by atoms with E-state index in [2.05, 4.69) is 44.7 Å². The van der Waals surface area contributed by atoms with Crippen LogP contribution in [0.3, 0.4) is 0 Å². The lowest BCUT2D eigenvalue weighted by Crippen LogP contribution is -2.53. The van der Waals surface area contributed by atoms with Crippen LogP contribution in [0.15, 0.2) is 54.6 Å². The molecule has 1 atom stereocenters. The molecule has 2 heterocycles. The molecule has 2 fully saturated rings. The lowest BCUT2D eigenvalue weighted by Gasteiger charge is -2.37. The fraction of sp³-hybridized carbons (Fsp3) is 0.481. The van der Waals surface area contributed by atoms with E-state index in [1.807, 2.05) is 13.0 Å². The first-order valence-electron chi connectivity index (χ1n) is 12.3. The topological polar surface area (TPSA) is 64.7 Å². The second-order valence-corrected chi connectivity index (χ2v) is 9.53. The Morgan fingerprint density at radius 1 is 0.941 bits per heavy atom. The number of carbonyl (C=O) groups is 2. The smallest absolute Gasteiger partial charge is 0.237 e. The van der Waals surface area contributed by atoms with E-state index in [1.165, 1.54) is 17.7 Å². The zero-order valence-electron chi connectivity index (χ0n) is 19.9. The molecule has 1 unspecified atom stereocenters. The predicted molar refractivity (Wildman–Crippen MR) is 132 cm³/mol. The van der Waals surface area contributed by atoms with Gasteiger partial charge >= 0.3 is 0 Å². The summed E-state index contributed by atoms with van der Waals surface area (Å²) in [5.74, 6) is -0.372. The molecule has 7 heteroatoms. The van der Waals surface area contributed by atoms with E-state index in [-0.39, 0.29) is 35.6 Å². The SMILES string of the molecule is CC(C(=O)NC1CCN(Cc2ccccc2)CC1)N1CCC(C(=O)Nc2ccc(F)cc2)CC1. The van der Waals surface area contributed by atoms with Crippen LogP contribution >= 0.6 is 0 Å². The Balaban J connectivity index is 1.17. The monoisotopic (exact) mass is 466 g/mol. The van der Waals surface area contributed by atoms with Gasteiger partial charge in [-0.25, -0.2) is 4.39 Å². The number of amides is 2. The van der Waals surface area contributed by atoms with Crippen LogP contribution in [0.4, 0.5) is 10.1 Å². The summed E-state index contributed by atoms with van der Waals surface area (Å²) in [5.41, 5.74) is 1.93. The number of hydrogen-bond donors (Lipinski definition) is 2. The standard InChI is InChI=1S/C27H35FN4O2/c1-20(26(33)29-25-13-15-31(16-14-25)19-21-5-3-2-4-6-21)32-17-11-22(12-18-32)27(34)30-24-9-7-23(28)8-10-24/h2-10,20,22,25H,11-19H2,1H3,(H,29,33)(H,30,34). The van der Waals surface area contributed by atoms with E-state index in [0.717, 1.165) is 32.5 Å². The van der Waals surface area contributed by atoms with E-state index in [0.29, 0.717) is 31.6 Å². The van der Waals surface area contributed by atoms with Crippen LogP contribution in [0.1, 0.15) is 38.2 Å². The molecule has 0 aromatic heterocycles. The highest BCUT2D eigenvalue weighted by Gasteiger charge is 2.31. The van der Waals surface area contributed by atoms with Crippen molar-refractivity contribution in [3.05, 3.63) is 66.0 Å². The van der Waals surface area contributed by atoms with E-state index >= 15 is 0 Å². The van der Waals surface area contributed by atoms with Crippen LogP contribution < -0.4 is 10.6 Å². The van der Waals surface area contributed by atoms with Gasteiger partial charge in [0.15, 0.2) is 0 Å². The number of nitrogens with one attached hydrogen (secondary N) is 2. The van der Waals surface area contributed by atoms with Crippen LogP contribution in [-0.4, -0.2) is 59.9 Å². The van der Waals surface area contributed by atoms with E-state index < -0.39 is 0 Å². The predicted octanol–water partition coefficient (Wildman–Crippen LogP) is 3.65. The molecule has 2 N–H and O–H groups in total. The molecule has 182 valence electrons. The zero-order valence-corrected chi connectivity index (χ0v) is 19.9. The molecule has 0 aliphatic carbocycles. The van der Waals surface area contributed by atoms with Gasteiger partial charge in [-0.1, -0.05) is 30.3 Å². The highest BCUT2D eigenvalue weighted by molar-refractivity contribution is 5.92.